The quantitative estimate of drug-likeness (QED) is 0.563. The highest BCUT2D eigenvalue weighted by Crippen LogP contribution is 2.34. The van der Waals surface area contributed by atoms with Crippen molar-refractivity contribution in [3.8, 4) is 11.5 Å². The predicted octanol–water partition coefficient (Wildman–Crippen LogP) is 5.73. The topological polar surface area (TPSA) is 35.5 Å². The van der Waals surface area contributed by atoms with E-state index < -0.39 is 18.2 Å². The molecule has 2 aromatic rings. The van der Waals surface area contributed by atoms with Gasteiger partial charge in [-0.2, -0.15) is 0 Å². The minimum Gasteiger partial charge on any atom is -0.466 e. The van der Waals surface area contributed by atoms with Gasteiger partial charge in [-0.15, -0.1) is 0 Å². The summed E-state index contributed by atoms with van der Waals surface area (Å²) in [5.41, 5.74) is 0.344. The molecule has 0 saturated carbocycles. The minimum absolute atomic E-state index is 0.0694. The fourth-order valence-electron chi connectivity index (χ4n) is 2.21. The van der Waals surface area contributed by atoms with Gasteiger partial charge in [-0.3, -0.25) is 4.79 Å². The smallest absolute Gasteiger partial charge is 0.310 e. The third-order valence-corrected chi connectivity index (χ3v) is 3.84. The zero-order chi connectivity index (χ0) is 18.6. The summed E-state index contributed by atoms with van der Waals surface area (Å²) < 4.78 is 51.2. The van der Waals surface area contributed by atoms with E-state index in [-0.39, 0.29) is 35.7 Å². The molecule has 0 bridgehead atoms. The van der Waals surface area contributed by atoms with Gasteiger partial charge in [-0.25, -0.2) is 13.2 Å². The highest BCUT2D eigenvalue weighted by molar-refractivity contribution is 9.10. The van der Waals surface area contributed by atoms with Gasteiger partial charge < -0.3 is 9.47 Å². The molecule has 134 valence electrons. The number of rotatable bonds is 6. The maximum atomic E-state index is 14.7. The van der Waals surface area contributed by atoms with Crippen molar-refractivity contribution in [3.05, 3.63) is 57.3 Å². The minimum atomic E-state index is -2.68. The summed E-state index contributed by atoms with van der Waals surface area (Å²) in [5.74, 6) is -1.31. The van der Waals surface area contributed by atoms with Crippen LogP contribution in [0.4, 0.5) is 13.2 Å². The first-order valence-corrected chi connectivity index (χ1v) is 8.31. The number of hydrogen-bond acceptors (Lipinski definition) is 3. The van der Waals surface area contributed by atoms with Crippen molar-refractivity contribution < 1.29 is 27.4 Å². The molecule has 2 rings (SSSR count). The van der Waals surface area contributed by atoms with Gasteiger partial charge in [0, 0.05) is 15.6 Å². The van der Waals surface area contributed by atoms with Crippen molar-refractivity contribution in [1.82, 2.24) is 0 Å². The first-order valence-electron chi connectivity index (χ1n) is 7.52. The van der Waals surface area contributed by atoms with Crippen molar-refractivity contribution >= 4 is 21.9 Å². The van der Waals surface area contributed by atoms with Crippen LogP contribution in [-0.4, -0.2) is 12.6 Å². The number of carbonyl (C=O) groups is 1. The maximum absolute atomic E-state index is 14.7. The Balaban J connectivity index is 2.35. The Morgan fingerprint density at radius 3 is 2.60 bits per heavy atom. The Kier molecular flexibility index (Phi) is 6.47. The van der Waals surface area contributed by atoms with E-state index in [4.69, 9.17) is 9.47 Å². The summed E-state index contributed by atoms with van der Waals surface area (Å²) in [7, 11) is 0. The number of benzene rings is 2. The third kappa shape index (κ3) is 4.98. The molecule has 0 aliphatic heterocycles. The number of carbonyl (C=O) groups excluding carboxylic acids is 1. The standard InChI is InChI=1S/C18H16BrF3O3/c1-3-24-15(23)8-11-5-4-10(2)17(16(11)20)25-14-7-12(18(21)22)6-13(19)9-14/h4-7,9,18H,3,8H2,1-2H3. The highest BCUT2D eigenvalue weighted by Gasteiger charge is 2.18. The second-order valence-electron chi connectivity index (χ2n) is 5.29. The Labute approximate surface area is 151 Å². The average Bonchev–Trinajstić information content (AvgIpc) is 2.54. The van der Waals surface area contributed by atoms with E-state index in [1.807, 2.05) is 0 Å². The number of halogens is 4. The Hall–Kier alpha value is -2.02. The van der Waals surface area contributed by atoms with Crippen molar-refractivity contribution in [2.24, 2.45) is 0 Å². The van der Waals surface area contributed by atoms with Crippen LogP contribution < -0.4 is 4.74 Å². The molecule has 25 heavy (non-hydrogen) atoms. The van der Waals surface area contributed by atoms with Gasteiger partial charge in [0.2, 0.25) is 0 Å². The lowest BCUT2D eigenvalue weighted by atomic mass is 10.1. The molecule has 7 heteroatoms. The predicted molar refractivity (Wildman–Crippen MR) is 90.6 cm³/mol. The van der Waals surface area contributed by atoms with Gasteiger partial charge in [0.1, 0.15) is 5.75 Å². The maximum Gasteiger partial charge on any atom is 0.310 e. The van der Waals surface area contributed by atoms with E-state index in [9.17, 15) is 18.0 Å². The Bertz CT molecular complexity index is 778. The average molecular weight is 417 g/mol. The van der Waals surface area contributed by atoms with Gasteiger partial charge in [0.25, 0.3) is 6.43 Å². The molecule has 0 fully saturated rings. The molecule has 0 saturated heterocycles. The van der Waals surface area contributed by atoms with Gasteiger partial charge in [0.05, 0.1) is 13.0 Å². The molecule has 2 aromatic carbocycles. The number of hydrogen-bond donors (Lipinski definition) is 0. The van der Waals surface area contributed by atoms with Crippen molar-refractivity contribution in [3.63, 3.8) is 0 Å². The third-order valence-electron chi connectivity index (χ3n) is 3.38. The molecule has 0 heterocycles. The van der Waals surface area contributed by atoms with Crippen LogP contribution >= 0.6 is 15.9 Å². The first-order chi connectivity index (χ1) is 11.8. The van der Waals surface area contributed by atoms with Gasteiger partial charge in [-0.05, 0) is 37.6 Å². The van der Waals surface area contributed by atoms with Gasteiger partial charge >= 0.3 is 5.97 Å². The van der Waals surface area contributed by atoms with Crippen LogP contribution in [0.1, 0.15) is 30.0 Å². The van der Waals surface area contributed by atoms with Gasteiger partial charge in [-0.1, -0.05) is 28.1 Å². The summed E-state index contributed by atoms with van der Waals surface area (Å²) in [6.07, 6.45) is -2.92. The van der Waals surface area contributed by atoms with E-state index in [1.54, 1.807) is 19.9 Å². The molecule has 0 unspecified atom stereocenters. The molecule has 0 aromatic heterocycles. The van der Waals surface area contributed by atoms with Crippen molar-refractivity contribution in [2.45, 2.75) is 26.7 Å². The molecule has 0 N–H and O–H groups in total. The lowest BCUT2D eigenvalue weighted by Gasteiger charge is -2.14. The Morgan fingerprint density at radius 2 is 1.96 bits per heavy atom. The van der Waals surface area contributed by atoms with Crippen LogP contribution in [-0.2, 0) is 16.0 Å². The molecule has 0 radical (unpaired) electrons. The van der Waals surface area contributed by atoms with E-state index in [0.29, 0.717) is 10.0 Å². The molecule has 3 nitrogen and oxygen atoms in total. The number of ether oxygens (including phenoxy) is 2. The fourth-order valence-corrected chi connectivity index (χ4v) is 2.70. The summed E-state index contributed by atoms with van der Waals surface area (Å²) in [6.45, 7) is 3.48. The van der Waals surface area contributed by atoms with Crippen molar-refractivity contribution in [2.75, 3.05) is 6.61 Å². The van der Waals surface area contributed by atoms with Crippen LogP contribution in [0.2, 0.25) is 0 Å². The van der Waals surface area contributed by atoms with E-state index in [0.717, 1.165) is 6.07 Å². The molecule has 0 atom stereocenters. The SMILES string of the molecule is CCOC(=O)Cc1ccc(C)c(Oc2cc(Br)cc(C(F)F)c2)c1F. The summed E-state index contributed by atoms with van der Waals surface area (Å²) in [5, 5.41) is 0. The molecule has 0 spiro atoms. The second-order valence-corrected chi connectivity index (χ2v) is 6.21. The second kappa shape index (κ2) is 8.38. The molecular formula is C18H16BrF3O3. The van der Waals surface area contributed by atoms with Crippen LogP contribution in [0.5, 0.6) is 11.5 Å². The zero-order valence-corrected chi connectivity index (χ0v) is 15.2. The number of esters is 1. The fraction of sp³-hybridized carbons (Fsp3) is 0.278. The van der Waals surface area contributed by atoms with Crippen LogP contribution in [0, 0.1) is 12.7 Å². The monoisotopic (exact) mass is 416 g/mol. The van der Waals surface area contributed by atoms with Gasteiger partial charge in [0.15, 0.2) is 11.6 Å². The largest absolute Gasteiger partial charge is 0.466 e. The van der Waals surface area contributed by atoms with E-state index in [2.05, 4.69) is 15.9 Å². The van der Waals surface area contributed by atoms with Crippen LogP contribution in [0.15, 0.2) is 34.8 Å². The molecule has 0 amide bonds. The lowest BCUT2D eigenvalue weighted by molar-refractivity contribution is -0.142. The summed E-state index contributed by atoms with van der Waals surface area (Å²) in [4.78, 5) is 11.6. The first kappa shape index (κ1) is 19.3. The van der Waals surface area contributed by atoms with Crippen molar-refractivity contribution in [1.29, 1.82) is 0 Å². The Morgan fingerprint density at radius 1 is 1.24 bits per heavy atom. The normalized spacial score (nSPS) is 10.8. The van der Waals surface area contributed by atoms with Crippen LogP contribution in [0.25, 0.3) is 0 Å². The zero-order valence-electron chi connectivity index (χ0n) is 13.6. The van der Waals surface area contributed by atoms with E-state index >= 15 is 0 Å². The molecule has 0 aliphatic carbocycles. The highest BCUT2D eigenvalue weighted by atomic mass is 79.9. The molecule has 0 aliphatic rings. The van der Waals surface area contributed by atoms with Crippen LogP contribution in [0.3, 0.4) is 0 Å². The number of aryl methyl sites for hydroxylation is 1. The summed E-state index contributed by atoms with van der Waals surface area (Å²) >= 11 is 3.13. The summed E-state index contributed by atoms with van der Waals surface area (Å²) in [6, 6.07) is 6.94. The molecular weight excluding hydrogens is 401 g/mol. The number of alkyl halides is 2. The van der Waals surface area contributed by atoms with E-state index in [1.165, 1.54) is 18.2 Å². The lowest BCUT2D eigenvalue weighted by Crippen LogP contribution is -2.09.